The molecule has 0 aliphatic carbocycles. The van der Waals surface area contributed by atoms with Crippen LogP contribution in [0, 0.1) is 0 Å². The second-order valence-corrected chi connectivity index (χ2v) is 7.22. The van der Waals surface area contributed by atoms with Gasteiger partial charge in [0.25, 0.3) is 11.8 Å². The molecule has 3 nitrogen and oxygen atoms in total. The highest BCUT2D eigenvalue weighted by molar-refractivity contribution is 7.16. The monoisotopic (exact) mass is 378 g/mol. The van der Waals surface area contributed by atoms with Crippen molar-refractivity contribution in [2.24, 2.45) is 4.99 Å². The average Bonchev–Trinajstić information content (AvgIpc) is 3.11. The minimum atomic E-state index is -4.46. The Hall–Kier alpha value is -1.77. The van der Waals surface area contributed by atoms with Crippen LogP contribution in [0.1, 0.15) is 34.3 Å². The van der Waals surface area contributed by atoms with E-state index in [0.717, 1.165) is 22.3 Å². The van der Waals surface area contributed by atoms with Gasteiger partial charge in [0, 0.05) is 13.0 Å². The van der Waals surface area contributed by atoms with Gasteiger partial charge >= 0.3 is 6.18 Å². The lowest BCUT2D eigenvalue weighted by Crippen LogP contribution is -2.45. The van der Waals surface area contributed by atoms with Gasteiger partial charge in [-0.25, -0.2) is 8.78 Å². The summed E-state index contributed by atoms with van der Waals surface area (Å²) in [7, 11) is 0. The SMILES string of the molecule is CC1N=C(c2ccc(C(=O)N3CCCC(F)(F)C3)s2)C=C1C(F)(F)F. The quantitative estimate of drug-likeness (QED) is 0.707. The van der Waals surface area contributed by atoms with Gasteiger partial charge < -0.3 is 4.90 Å². The first-order valence-corrected chi connectivity index (χ1v) is 8.52. The van der Waals surface area contributed by atoms with Crippen molar-refractivity contribution in [2.45, 2.75) is 37.9 Å². The van der Waals surface area contributed by atoms with Crippen molar-refractivity contribution in [1.82, 2.24) is 4.90 Å². The van der Waals surface area contributed by atoms with Crippen molar-refractivity contribution in [3.8, 4) is 0 Å². The maximum atomic E-state index is 13.5. The molecule has 0 spiro atoms. The Morgan fingerprint density at radius 3 is 2.68 bits per heavy atom. The summed E-state index contributed by atoms with van der Waals surface area (Å²) >= 11 is 0.968. The predicted octanol–water partition coefficient (Wildman–Crippen LogP) is 4.30. The van der Waals surface area contributed by atoms with Crippen LogP contribution in [-0.2, 0) is 0 Å². The first kappa shape index (κ1) is 18.0. The van der Waals surface area contributed by atoms with E-state index in [4.69, 9.17) is 0 Å². The van der Waals surface area contributed by atoms with Crippen LogP contribution in [0.2, 0.25) is 0 Å². The Kier molecular flexibility index (Phi) is 4.47. The number of carbonyl (C=O) groups is 1. The van der Waals surface area contributed by atoms with Crippen LogP contribution in [0.15, 0.2) is 28.8 Å². The third kappa shape index (κ3) is 3.75. The van der Waals surface area contributed by atoms with Crippen molar-refractivity contribution in [2.75, 3.05) is 13.1 Å². The maximum Gasteiger partial charge on any atom is 0.414 e. The van der Waals surface area contributed by atoms with E-state index in [1.807, 2.05) is 0 Å². The topological polar surface area (TPSA) is 32.7 Å². The lowest BCUT2D eigenvalue weighted by molar-refractivity contribution is -0.0943. The largest absolute Gasteiger partial charge is 0.414 e. The maximum absolute atomic E-state index is 13.5. The highest BCUT2D eigenvalue weighted by atomic mass is 32.1. The zero-order valence-corrected chi connectivity index (χ0v) is 14.1. The number of carbonyl (C=O) groups excluding carboxylic acids is 1. The number of amides is 1. The molecule has 0 bridgehead atoms. The number of piperidine rings is 1. The number of aliphatic imine (C=N–C) groups is 1. The molecule has 1 atom stereocenters. The van der Waals surface area contributed by atoms with E-state index in [1.54, 1.807) is 0 Å². The van der Waals surface area contributed by atoms with Crippen molar-refractivity contribution in [3.63, 3.8) is 0 Å². The molecule has 25 heavy (non-hydrogen) atoms. The summed E-state index contributed by atoms with van der Waals surface area (Å²) in [4.78, 5) is 18.1. The Morgan fingerprint density at radius 2 is 2.08 bits per heavy atom. The molecule has 1 saturated heterocycles. The number of allylic oxidation sites excluding steroid dienone is 1. The number of nitrogens with zero attached hydrogens (tertiary/aromatic N) is 2. The van der Waals surface area contributed by atoms with Crippen molar-refractivity contribution >= 4 is 23.0 Å². The molecule has 136 valence electrons. The van der Waals surface area contributed by atoms with Gasteiger partial charge in [-0.3, -0.25) is 9.79 Å². The predicted molar refractivity (Wildman–Crippen MR) is 84.5 cm³/mol. The molecule has 1 unspecified atom stereocenters. The van der Waals surface area contributed by atoms with Gasteiger partial charge in [-0.05, 0) is 31.6 Å². The number of thiophene rings is 1. The molecule has 0 N–H and O–H groups in total. The number of likely N-dealkylation sites (tertiary alicyclic amines) is 1. The second kappa shape index (κ2) is 6.19. The average molecular weight is 378 g/mol. The minimum Gasteiger partial charge on any atom is -0.332 e. The molecule has 0 aromatic carbocycles. The van der Waals surface area contributed by atoms with Crippen LogP contribution in [0.25, 0.3) is 0 Å². The Morgan fingerprint density at radius 1 is 1.36 bits per heavy atom. The van der Waals surface area contributed by atoms with Gasteiger partial charge in [-0.15, -0.1) is 11.3 Å². The number of alkyl halides is 5. The standard InChI is InChI=1S/C16H15F5N2OS/c1-9-10(16(19,20)21)7-11(22-9)12-3-4-13(25-12)14(24)23-6-2-5-15(17,18)8-23/h3-4,7,9H,2,5-6,8H2,1H3. The number of hydrogen-bond donors (Lipinski definition) is 0. The normalized spacial score (nSPS) is 23.4. The Labute approximate surface area is 144 Å². The summed E-state index contributed by atoms with van der Waals surface area (Å²) in [6.45, 7) is 0.967. The zero-order valence-electron chi connectivity index (χ0n) is 13.2. The minimum absolute atomic E-state index is 0.160. The second-order valence-electron chi connectivity index (χ2n) is 6.14. The molecule has 2 aliphatic heterocycles. The highest BCUT2D eigenvalue weighted by Crippen LogP contribution is 2.35. The fourth-order valence-corrected chi connectivity index (χ4v) is 3.86. The summed E-state index contributed by atoms with van der Waals surface area (Å²) in [5.41, 5.74) is -0.577. The van der Waals surface area contributed by atoms with E-state index >= 15 is 0 Å². The van der Waals surface area contributed by atoms with Gasteiger partial charge in [-0.1, -0.05) is 0 Å². The van der Waals surface area contributed by atoms with Crippen molar-refractivity contribution < 1.29 is 26.7 Å². The molecular weight excluding hydrogens is 363 g/mol. The third-order valence-corrected chi connectivity index (χ3v) is 5.25. The van der Waals surface area contributed by atoms with Crippen molar-refractivity contribution in [1.29, 1.82) is 0 Å². The van der Waals surface area contributed by atoms with E-state index in [2.05, 4.69) is 4.99 Å². The highest BCUT2D eigenvalue weighted by Gasteiger charge is 2.40. The Bertz CT molecular complexity index is 750. The summed E-state index contributed by atoms with van der Waals surface area (Å²) in [5.74, 6) is -3.43. The molecule has 1 amide bonds. The van der Waals surface area contributed by atoms with Gasteiger partial charge in [0.05, 0.1) is 33.6 Å². The summed E-state index contributed by atoms with van der Waals surface area (Å²) in [6.07, 6.45) is -3.51. The zero-order chi connectivity index (χ0) is 18.4. The Balaban J connectivity index is 1.78. The number of hydrogen-bond acceptors (Lipinski definition) is 3. The fourth-order valence-electron chi connectivity index (χ4n) is 2.92. The van der Waals surface area contributed by atoms with Crippen LogP contribution in [0.4, 0.5) is 22.0 Å². The molecule has 9 heteroatoms. The third-order valence-electron chi connectivity index (χ3n) is 4.15. The molecule has 0 radical (unpaired) electrons. The number of rotatable bonds is 2. The van der Waals surface area contributed by atoms with E-state index in [1.165, 1.54) is 19.1 Å². The molecular formula is C16H15F5N2OS. The molecule has 2 aliphatic rings. The van der Waals surface area contributed by atoms with E-state index in [0.29, 0.717) is 4.88 Å². The first-order chi connectivity index (χ1) is 11.6. The number of halogens is 5. The van der Waals surface area contributed by atoms with E-state index in [9.17, 15) is 26.7 Å². The lowest BCUT2D eigenvalue weighted by Gasteiger charge is -2.32. The summed E-state index contributed by atoms with van der Waals surface area (Å²) in [6, 6.07) is 1.94. The molecule has 1 aromatic rings. The summed E-state index contributed by atoms with van der Waals surface area (Å²) < 4.78 is 65.5. The van der Waals surface area contributed by atoms with E-state index in [-0.39, 0.29) is 30.0 Å². The molecule has 3 rings (SSSR count). The van der Waals surface area contributed by atoms with Crippen LogP contribution < -0.4 is 0 Å². The van der Waals surface area contributed by atoms with E-state index < -0.39 is 36.2 Å². The van der Waals surface area contributed by atoms with Crippen LogP contribution >= 0.6 is 11.3 Å². The smallest absolute Gasteiger partial charge is 0.332 e. The van der Waals surface area contributed by atoms with Crippen molar-refractivity contribution in [3.05, 3.63) is 33.5 Å². The van der Waals surface area contributed by atoms with Gasteiger partial charge in [-0.2, -0.15) is 13.2 Å². The van der Waals surface area contributed by atoms with Crippen LogP contribution in [-0.4, -0.2) is 47.7 Å². The summed E-state index contributed by atoms with van der Waals surface area (Å²) in [5, 5.41) is 0. The van der Waals surface area contributed by atoms with Crippen LogP contribution in [0.5, 0.6) is 0 Å². The molecule has 0 saturated carbocycles. The molecule has 1 aromatic heterocycles. The first-order valence-electron chi connectivity index (χ1n) is 7.71. The van der Waals surface area contributed by atoms with Gasteiger partial charge in [0.2, 0.25) is 0 Å². The fraction of sp³-hybridized carbons (Fsp3) is 0.500. The molecule has 3 heterocycles. The van der Waals surface area contributed by atoms with Crippen LogP contribution in [0.3, 0.4) is 0 Å². The van der Waals surface area contributed by atoms with Gasteiger partial charge in [0.1, 0.15) is 0 Å². The molecule has 1 fully saturated rings. The lowest BCUT2D eigenvalue weighted by atomic mass is 10.1. The van der Waals surface area contributed by atoms with Gasteiger partial charge in [0.15, 0.2) is 0 Å².